The van der Waals surface area contributed by atoms with Crippen LogP contribution in [0.1, 0.15) is 26.7 Å². The molecule has 5 heteroatoms. The van der Waals surface area contributed by atoms with Gasteiger partial charge in [0.15, 0.2) is 6.54 Å². The topological polar surface area (TPSA) is 63.6 Å². The first-order chi connectivity index (χ1) is 7.78. The maximum absolute atomic E-state index is 11.5. The lowest BCUT2D eigenvalue weighted by Crippen LogP contribution is -2.46. The monoisotopic (exact) mass is 246 g/mol. The Bertz CT molecular complexity index is 263. The normalized spacial score (nSPS) is 13.2. The van der Waals surface area contributed by atoms with Crippen molar-refractivity contribution in [3.05, 3.63) is 0 Å². The SMILES string of the molecule is CCCC(C)C(=O)OCC[N+](C)(C)CC(=O)O. The number of carboxylic acids is 1. The Morgan fingerprint density at radius 2 is 1.94 bits per heavy atom. The van der Waals surface area contributed by atoms with Gasteiger partial charge in [-0.25, -0.2) is 4.79 Å². The maximum atomic E-state index is 11.5. The summed E-state index contributed by atoms with van der Waals surface area (Å²) >= 11 is 0. The number of carbonyl (C=O) groups excluding carboxylic acids is 1. The van der Waals surface area contributed by atoms with Crippen molar-refractivity contribution in [3.8, 4) is 0 Å². The van der Waals surface area contributed by atoms with E-state index in [4.69, 9.17) is 9.84 Å². The van der Waals surface area contributed by atoms with E-state index in [9.17, 15) is 9.59 Å². The van der Waals surface area contributed by atoms with Crippen molar-refractivity contribution in [1.29, 1.82) is 0 Å². The van der Waals surface area contributed by atoms with E-state index in [1.807, 2.05) is 13.8 Å². The lowest BCUT2D eigenvalue weighted by Gasteiger charge is -2.27. The van der Waals surface area contributed by atoms with Crippen LogP contribution < -0.4 is 0 Å². The summed E-state index contributed by atoms with van der Waals surface area (Å²) in [4.78, 5) is 22.1. The van der Waals surface area contributed by atoms with Crippen molar-refractivity contribution in [2.45, 2.75) is 26.7 Å². The minimum Gasteiger partial charge on any atom is -0.477 e. The van der Waals surface area contributed by atoms with Gasteiger partial charge in [-0.3, -0.25) is 4.79 Å². The van der Waals surface area contributed by atoms with E-state index in [1.54, 1.807) is 14.1 Å². The summed E-state index contributed by atoms with van der Waals surface area (Å²) < 4.78 is 5.44. The van der Waals surface area contributed by atoms with Gasteiger partial charge in [-0.05, 0) is 6.42 Å². The van der Waals surface area contributed by atoms with Crippen molar-refractivity contribution in [2.24, 2.45) is 5.92 Å². The molecule has 1 unspecified atom stereocenters. The summed E-state index contributed by atoms with van der Waals surface area (Å²) in [5.74, 6) is -1.11. The second-order valence-corrected chi connectivity index (χ2v) is 5.07. The summed E-state index contributed by atoms with van der Waals surface area (Å²) in [5, 5.41) is 8.69. The Morgan fingerprint density at radius 3 is 2.41 bits per heavy atom. The van der Waals surface area contributed by atoms with Gasteiger partial charge in [0.05, 0.1) is 20.0 Å². The fraction of sp³-hybridized carbons (Fsp3) is 0.833. The van der Waals surface area contributed by atoms with Crippen LogP contribution in [0.5, 0.6) is 0 Å². The molecule has 0 aromatic rings. The molecule has 1 atom stereocenters. The molecular weight excluding hydrogens is 222 g/mol. The maximum Gasteiger partial charge on any atom is 0.359 e. The number of carboxylic acid groups (broad SMARTS) is 1. The van der Waals surface area contributed by atoms with Crippen molar-refractivity contribution in [3.63, 3.8) is 0 Å². The molecule has 0 radical (unpaired) electrons. The van der Waals surface area contributed by atoms with Gasteiger partial charge in [0, 0.05) is 0 Å². The molecule has 0 aliphatic rings. The molecule has 1 N–H and O–H groups in total. The van der Waals surface area contributed by atoms with Crippen LogP contribution in [-0.4, -0.2) is 55.3 Å². The average molecular weight is 246 g/mol. The molecule has 17 heavy (non-hydrogen) atoms. The molecule has 0 aliphatic carbocycles. The molecule has 0 aromatic heterocycles. The van der Waals surface area contributed by atoms with Crippen molar-refractivity contribution >= 4 is 11.9 Å². The minimum atomic E-state index is -0.847. The molecule has 0 fully saturated rings. The number of esters is 1. The van der Waals surface area contributed by atoms with Crippen LogP contribution >= 0.6 is 0 Å². The predicted molar refractivity (Wildman–Crippen MR) is 64.5 cm³/mol. The second-order valence-electron chi connectivity index (χ2n) is 5.07. The van der Waals surface area contributed by atoms with Gasteiger partial charge in [0.2, 0.25) is 0 Å². The summed E-state index contributed by atoms with van der Waals surface area (Å²) in [6.07, 6.45) is 1.78. The number of hydrogen-bond donors (Lipinski definition) is 1. The average Bonchev–Trinajstić information content (AvgIpc) is 2.15. The molecule has 0 aliphatic heterocycles. The number of rotatable bonds is 8. The van der Waals surface area contributed by atoms with Crippen LogP contribution in [-0.2, 0) is 14.3 Å². The van der Waals surface area contributed by atoms with Gasteiger partial charge >= 0.3 is 11.9 Å². The van der Waals surface area contributed by atoms with Crippen LogP contribution in [0.2, 0.25) is 0 Å². The fourth-order valence-corrected chi connectivity index (χ4v) is 1.53. The number of nitrogens with zero attached hydrogens (tertiary/aromatic N) is 1. The highest BCUT2D eigenvalue weighted by molar-refractivity contribution is 5.71. The molecule has 0 bridgehead atoms. The highest BCUT2D eigenvalue weighted by atomic mass is 16.5. The summed E-state index contributed by atoms with van der Waals surface area (Å²) in [6, 6.07) is 0. The molecule has 5 nitrogen and oxygen atoms in total. The van der Waals surface area contributed by atoms with Gasteiger partial charge in [0.1, 0.15) is 13.2 Å². The summed E-state index contributed by atoms with van der Waals surface area (Å²) in [7, 11) is 3.61. The third-order valence-electron chi connectivity index (χ3n) is 2.63. The Hall–Kier alpha value is -1.10. The van der Waals surface area contributed by atoms with Crippen molar-refractivity contribution < 1.29 is 23.9 Å². The number of aliphatic carboxylic acids is 1. The first-order valence-electron chi connectivity index (χ1n) is 5.99. The van der Waals surface area contributed by atoms with Gasteiger partial charge in [-0.1, -0.05) is 20.3 Å². The molecule has 0 heterocycles. The smallest absolute Gasteiger partial charge is 0.359 e. The van der Waals surface area contributed by atoms with Crippen molar-refractivity contribution in [2.75, 3.05) is 33.8 Å². The fourth-order valence-electron chi connectivity index (χ4n) is 1.53. The Balaban J connectivity index is 3.90. The first-order valence-corrected chi connectivity index (χ1v) is 5.99. The molecule has 0 amide bonds. The number of carbonyl (C=O) groups is 2. The largest absolute Gasteiger partial charge is 0.477 e. The zero-order valence-corrected chi connectivity index (χ0v) is 11.2. The van der Waals surface area contributed by atoms with Gasteiger partial charge in [0.25, 0.3) is 0 Å². The molecule has 100 valence electrons. The third-order valence-corrected chi connectivity index (χ3v) is 2.63. The van der Waals surface area contributed by atoms with Crippen LogP contribution in [0.4, 0.5) is 0 Å². The Labute approximate surface area is 103 Å². The van der Waals surface area contributed by atoms with Crippen molar-refractivity contribution in [1.82, 2.24) is 0 Å². The van der Waals surface area contributed by atoms with Gasteiger partial charge in [-0.2, -0.15) is 0 Å². The van der Waals surface area contributed by atoms with E-state index in [-0.39, 0.29) is 25.0 Å². The van der Waals surface area contributed by atoms with E-state index in [0.29, 0.717) is 11.0 Å². The highest BCUT2D eigenvalue weighted by Crippen LogP contribution is 2.07. The van der Waals surface area contributed by atoms with E-state index in [1.165, 1.54) is 0 Å². The Morgan fingerprint density at radius 1 is 1.35 bits per heavy atom. The number of ether oxygens (including phenoxy) is 1. The Kier molecular flexibility index (Phi) is 6.80. The van der Waals surface area contributed by atoms with Gasteiger partial charge < -0.3 is 14.3 Å². The molecule has 0 rings (SSSR count). The first kappa shape index (κ1) is 15.9. The zero-order chi connectivity index (χ0) is 13.5. The molecule has 0 aromatic carbocycles. The number of hydrogen-bond acceptors (Lipinski definition) is 3. The van der Waals surface area contributed by atoms with E-state index in [0.717, 1.165) is 12.8 Å². The summed E-state index contributed by atoms with van der Waals surface area (Å²) in [5.41, 5.74) is 0. The predicted octanol–water partition coefficient (Wildman–Crippen LogP) is 1.13. The highest BCUT2D eigenvalue weighted by Gasteiger charge is 2.21. The van der Waals surface area contributed by atoms with E-state index >= 15 is 0 Å². The minimum absolute atomic E-state index is 0.0298. The standard InChI is InChI=1S/C12H23NO4/c1-5-6-10(2)12(16)17-8-7-13(3,4)9-11(14)15/h10H,5-9H2,1-4H3/p+1. The van der Waals surface area contributed by atoms with Gasteiger partial charge in [-0.15, -0.1) is 0 Å². The number of quaternary nitrogens is 1. The molecule has 0 saturated heterocycles. The summed E-state index contributed by atoms with van der Waals surface area (Å²) in [6.45, 7) is 4.69. The van der Waals surface area contributed by atoms with E-state index < -0.39 is 5.97 Å². The second kappa shape index (κ2) is 7.27. The molecular formula is C12H24NO4+. The molecule has 0 saturated carbocycles. The van der Waals surface area contributed by atoms with Crippen LogP contribution in [0.3, 0.4) is 0 Å². The third kappa shape index (κ3) is 7.74. The lowest BCUT2D eigenvalue weighted by atomic mass is 10.1. The zero-order valence-electron chi connectivity index (χ0n) is 11.2. The lowest BCUT2D eigenvalue weighted by molar-refractivity contribution is -0.883. The van der Waals surface area contributed by atoms with Crippen LogP contribution in [0, 0.1) is 5.92 Å². The quantitative estimate of drug-likeness (QED) is 0.515. The number of likely N-dealkylation sites (N-methyl/N-ethyl adjacent to an activating group) is 1. The van der Waals surface area contributed by atoms with Crippen LogP contribution in [0.15, 0.2) is 0 Å². The van der Waals surface area contributed by atoms with Crippen LogP contribution in [0.25, 0.3) is 0 Å². The molecule has 0 spiro atoms. The van der Waals surface area contributed by atoms with E-state index in [2.05, 4.69) is 0 Å².